The van der Waals surface area contributed by atoms with E-state index in [-0.39, 0.29) is 11.8 Å². The summed E-state index contributed by atoms with van der Waals surface area (Å²) in [6.45, 7) is 18.2. The van der Waals surface area contributed by atoms with E-state index in [1.807, 2.05) is 19.1 Å². The van der Waals surface area contributed by atoms with E-state index in [4.69, 9.17) is 5.73 Å². The summed E-state index contributed by atoms with van der Waals surface area (Å²) in [5, 5.41) is 21.1. The molecule has 220 valence electrons. The Hall–Kier alpha value is -4.44. The zero-order chi connectivity index (χ0) is 30.4. The number of aliphatic hydroxyl groups excluding tert-OH is 1. The molecule has 1 amide bonds. The van der Waals surface area contributed by atoms with E-state index in [2.05, 4.69) is 64.5 Å². The number of amides is 1. The lowest BCUT2D eigenvalue weighted by Crippen LogP contribution is -2.30. The summed E-state index contributed by atoms with van der Waals surface area (Å²) >= 11 is 0. The van der Waals surface area contributed by atoms with Crippen molar-refractivity contribution in [2.24, 2.45) is 16.6 Å². The molecule has 2 aromatic heterocycles. The molecule has 0 aliphatic rings. The van der Waals surface area contributed by atoms with Crippen molar-refractivity contribution in [3.63, 3.8) is 0 Å². The molecule has 2 heterocycles. The molecule has 0 radical (unpaired) electrons. The Labute approximate surface area is 243 Å². The predicted molar refractivity (Wildman–Crippen MR) is 169 cm³/mol. The molecule has 5 N–H and O–H groups in total. The van der Waals surface area contributed by atoms with Crippen molar-refractivity contribution in [1.82, 2.24) is 30.1 Å². The lowest BCUT2D eigenvalue weighted by molar-refractivity contribution is -0.120. The molecular formula is C31H44N8O2. The fourth-order valence-electron chi connectivity index (χ4n) is 4.05. The minimum atomic E-state index is -0.111. The molecular weight excluding hydrogens is 516 g/mol. The highest BCUT2D eigenvalue weighted by atomic mass is 16.2. The molecule has 0 spiro atoms. The van der Waals surface area contributed by atoms with Gasteiger partial charge < -0.3 is 21.5 Å². The quantitative estimate of drug-likeness (QED) is 0.102. The molecule has 0 aliphatic heterocycles. The lowest BCUT2D eigenvalue weighted by Gasteiger charge is -2.19. The Morgan fingerprint density at radius 2 is 2.05 bits per heavy atom. The van der Waals surface area contributed by atoms with Gasteiger partial charge in [-0.25, -0.2) is 4.52 Å². The molecule has 0 aliphatic carbocycles. The van der Waals surface area contributed by atoms with Crippen LogP contribution in [0.1, 0.15) is 51.8 Å². The maximum Gasteiger partial charge on any atom is 0.225 e. The molecule has 2 aromatic rings. The molecule has 10 heteroatoms. The van der Waals surface area contributed by atoms with Gasteiger partial charge in [-0.2, -0.15) is 5.10 Å². The first-order valence-corrected chi connectivity index (χ1v) is 13.7. The molecule has 0 fully saturated rings. The summed E-state index contributed by atoms with van der Waals surface area (Å²) in [6.07, 6.45) is 15.6. The third-order valence-corrected chi connectivity index (χ3v) is 6.91. The smallest absolute Gasteiger partial charge is 0.225 e. The summed E-state index contributed by atoms with van der Waals surface area (Å²) in [6, 6.07) is 0. The Balaban J connectivity index is 2.40. The van der Waals surface area contributed by atoms with Crippen LogP contribution in [0.4, 0.5) is 0 Å². The average Bonchev–Trinajstić information content (AvgIpc) is 3.41. The first-order chi connectivity index (χ1) is 19.8. The number of fused-ring (bicyclic) bond motifs is 1. The number of nitrogens with one attached hydrogen (secondary N) is 2. The third-order valence-electron chi connectivity index (χ3n) is 6.91. The first kappa shape index (κ1) is 32.8. The number of aromatic nitrogens is 3. The number of carbonyl (C=O) groups excluding carboxylic acids is 1. The van der Waals surface area contributed by atoms with E-state index in [0.717, 1.165) is 37.0 Å². The predicted octanol–water partition coefficient (Wildman–Crippen LogP) is 4.58. The average molecular weight is 561 g/mol. The number of likely N-dealkylation sites (N-methyl/N-ethyl adjacent to an activating group) is 1. The maximum atomic E-state index is 12.8. The number of carbonyl (C=O) groups is 1. The van der Waals surface area contributed by atoms with E-state index >= 15 is 0 Å². The highest BCUT2D eigenvalue weighted by Crippen LogP contribution is 2.24. The summed E-state index contributed by atoms with van der Waals surface area (Å²) < 4.78 is 1.66. The number of aliphatic imine (C=N–C) groups is 1. The topological polar surface area (TPSA) is 133 Å². The van der Waals surface area contributed by atoms with E-state index < -0.39 is 0 Å². The summed E-state index contributed by atoms with van der Waals surface area (Å²) in [5.41, 5.74) is 11.1. The van der Waals surface area contributed by atoms with Crippen LogP contribution in [0.25, 0.3) is 16.8 Å². The lowest BCUT2D eigenvalue weighted by atomic mass is 9.97. The minimum Gasteiger partial charge on any atom is -0.513 e. The molecule has 0 bridgehead atoms. The third kappa shape index (κ3) is 9.04. The molecule has 41 heavy (non-hydrogen) atoms. The monoisotopic (exact) mass is 560 g/mol. The standard InChI is InChI=1S/C31H44N8O2/c1-8-13-38(11-4)14-12-31(41)36-25(10-3)15-27(23(6)22(5)9-2)37-29(21-40)26-18-35-39-20-28(34-19-30(26)39)24(16-32)17-33-7/h8,10,15-22,37,40H,1,3,9,11-14,32H2,2,4-7H3,(H,36,41)/b24-16+,25-15+,27-23+,29-21?,33-17?. The molecule has 1 atom stereocenters. The fraction of sp³-hybridized carbons (Fsp3) is 0.355. The van der Waals surface area contributed by atoms with Gasteiger partial charge in [0.25, 0.3) is 0 Å². The molecule has 0 aromatic carbocycles. The second-order valence-electron chi connectivity index (χ2n) is 9.53. The van der Waals surface area contributed by atoms with Gasteiger partial charge in [0.1, 0.15) is 6.26 Å². The van der Waals surface area contributed by atoms with Crippen LogP contribution in [0.3, 0.4) is 0 Å². The van der Waals surface area contributed by atoms with Gasteiger partial charge in [-0.1, -0.05) is 33.4 Å². The van der Waals surface area contributed by atoms with Gasteiger partial charge in [-0.3, -0.25) is 19.7 Å². The maximum absolute atomic E-state index is 12.8. The van der Waals surface area contributed by atoms with Crippen molar-refractivity contribution in [3.8, 4) is 0 Å². The van der Waals surface area contributed by atoms with Gasteiger partial charge in [-0.15, -0.1) is 6.58 Å². The van der Waals surface area contributed by atoms with Gasteiger partial charge in [0.2, 0.25) is 5.91 Å². The zero-order valence-electron chi connectivity index (χ0n) is 24.9. The second kappa shape index (κ2) is 16.6. The van der Waals surface area contributed by atoms with E-state index in [0.29, 0.717) is 46.7 Å². The SMILES string of the molecule is C=CCN(CC)CCC(=O)N/C(C=C)=C/C(NC(=CO)c1cnn2cc(/C(C=NC)=C/N)ncc12)=C(/C)C(C)CC. The number of rotatable bonds is 16. The second-order valence-corrected chi connectivity index (χ2v) is 9.53. The van der Waals surface area contributed by atoms with Crippen LogP contribution in [0.5, 0.6) is 0 Å². The van der Waals surface area contributed by atoms with Crippen molar-refractivity contribution in [3.05, 3.63) is 90.7 Å². The zero-order valence-corrected chi connectivity index (χ0v) is 24.9. The molecule has 1 unspecified atom stereocenters. The van der Waals surface area contributed by atoms with Crippen LogP contribution in [-0.4, -0.2) is 63.4 Å². The van der Waals surface area contributed by atoms with Gasteiger partial charge in [-0.05, 0) is 43.5 Å². The Morgan fingerprint density at radius 1 is 1.29 bits per heavy atom. The van der Waals surface area contributed by atoms with Gasteiger partial charge in [0, 0.05) is 61.5 Å². The number of allylic oxidation sites excluding steroid dienone is 4. The number of nitrogens with two attached hydrogens (primary N) is 1. The highest BCUT2D eigenvalue weighted by molar-refractivity contribution is 6.08. The fourth-order valence-corrected chi connectivity index (χ4v) is 4.05. The van der Waals surface area contributed by atoms with Crippen LogP contribution >= 0.6 is 0 Å². The van der Waals surface area contributed by atoms with Crippen molar-refractivity contribution in [1.29, 1.82) is 0 Å². The van der Waals surface area contributed by atoms with Crippen molar-refractivity contribution in [2.75, 3.05) is 26.7 Å². The van der Waals surface area contributed by atoms with Crippen molar-refractivity contribution in [2.45, 2.75) is 40.5 Å². The largest absolute Gasteiger partial charge is 0.513 e. The van der Waals surface area contributed by atoms with Crippen LogP contribution < -0.4 is 16.4 Å². The Kier molecular flexibility index (Phi) is 13.3. The van der Waals surface area contributed by atoms with Crippen LogP contribution in [0.15, 0.2) is 84.4 Å². The van der Waals surface area contributed by atoms with Crippen LogP contribution in [-0.2, 0) is 4.79 Å². The normalized spacial score (nSPS) is 14.3. The number of hydrogen-bond acceptors (Lipinski definition) is 8. The molecule has 10 nitrogen and oxygen atoms in total. The summed E-state index contributed by atoms with van der Waals surface area (Å²) in [7, 11) is 1.66. The summed E-state index contributed by atoms with van der Waals surface area (Å²) in [4.78, 5) is 23.4. The highest BCUT2D eigenvalue weighted by Gasteiger charge is 2.16. The Morgan fingerprint density at radius 3 is 2.63 bits per heavy atom. The first-order valence-electron chi connectivity index (χ1n) is 13.7. The van der Waals surface area contributed by atoms with E-state index in [1.165, 1.54) is 6.20 Å². The van der Waals surface area contributed by atoms with Gasteiger partial charge in [0.15, 0.2) is 0 Å². The molecule has 0 saturated carbocycles. The number of nitrogens with zero attached hydrogens (tertiary/aromatic N) is 5. The van der Waals surface area contributed by atoms with Crippen LogP contribution in [0.2, 0.25) is 0 Å². The molecule has 2 rings (SSSR count). The number of hydrogen-bond donors (Lipinski definition) is 4. The van der Waals surface area contributed by atoms with Crippen molar-refractivity contribution < 1.29 is 9.90 Å². The van der Waals surface area contributed by atoms with Crippen LogP contribution in [0, 0.1) is 5.92 Å². The number of aliphatic hydroxyl groups is 1. The van der Waals surface area contributed by atoms with Crippen molar-refractivity contribution >= 4 is 28.9 Å². The van der Waals surface area contributed by atoms with Gasteiger partial charge in [0.05, 0.1) is 35.5 Å². The molecule has 0 saturated heterocycles. The van der Waals surface area contributed by atoms with Gasteiger partial charge >= 0.3 is 0 Å². The summed E-state index contributed by atoms with van der Waals surface area (Å²) in [5.74, 6) is 0.128. The van der Waals surface area contributed by atoms with E-state index in [1.54, 1.807) is 42.4 Å². The minimum absolute atomic E-state index is 0.111. The van der Waals surface area contributed by atoms with E-state index in [9.17, 15) is 9.90 Å². The Bertz CT molecular complexity index is 1360.